The van der Waals surface area contributed by atoms with E-state index in [-0.39, 0.29) is 10.6 Å². The first-order chi connectivity index (χ1) is 15.8. The van der Waals surface area contributed by atoms with Crippen molar-refractivity contribution >= 4 is 31.6 Å². The lowest BCUT2D eigenvalue weighted by atomic mass is 10.3. The second-order valence-electron chi connectivity index (χ2n) is 6.89. The molecule has 11 heteroatoms. The van der Waals surface area contributed by atoms with Crippen LogP contribution in [0.5, 0.6) is 17.4 Å². The van der Waals surface area contributed by atoms with Crippen LogP contribution >= 0.6 is 15.9 Å². The molecule has 0 aliphatic carbocycles. The van der Waals surface area contributed by atoms with Crippen molar-refractivity contribution in [1.29, 1.82) is 0 Å². The van der Waals surface area contributed by atoms with E-state index in [9.17, 15) is 8.42 Å². The Balaban J connectivity index is 1.46. The van der Waals surface area contributed by atoms with Gasteiger partial charge < -0.3 is 9.47 Å². The second kappa shape index (κ2) is 9.59. The highest BCUT2D eigenvalue weighted by Crippen LogP contribution is 2.30. The Morgan fingerprint density at radius 2 is 1.82 bits per heavy atom. The molecule has 0 aliphatic rings. The van der Waals surface area contributed by atoms with Crippen LogP contribution < -0.4 is 14.2 Å². The normalized spacial score (nSPS) is 11.2. The fraction of sp³-hybridized carbons (Fsp3) is 0.136. The molecular weight excluding hydrogens is 510 g/mol. The quantitative estimate of drug-likeness (QED) is 0.351. The van der Waals surface area contributed by atoms with Crippen LogP contribution in [-0.2, 0) is 10.0 Å². The lowest BCUT2D eigenvalue weighted by molar-refractivity contribution is 0.331. The van der Waals surface area contributed by atoms with Crippen LogP contribution in [0.3, 0.4) is 0 Å². The Morgan fingerprint density at radius 3 is 2.45 bits per heavy atom. The predicted octanol–water partition coefficient (Wildman–Crippen LogP) is 4.73. The van der Waals surface area contributed by atoms with Gasteiger partial charge in [-0.3, -0.25) is 4.72 Å². The Hall–Kier alpha value is -3.44. The van der Waals surface area contributed by atoms with Gasteiger partial charge in [0.15, 0.2) is 5.82 Å². The summed E-state index contributed by atoms with van der Waals surface area (Å²) in [6, 6.07) is 16.6. The minimum absolute atomic E-state index is 0.0433. The number of sulfonamides is 1. The highest BCUT2D eigenvalue weighted by molar-refractivity contribution is 9.10. The Kier molecular flexibility index (Phi) is 6.61. The second-order valence-corrected chi connectivity index (χ2v) is 9.45. The van der Waals surface area contributed by atoms with Crippen molar-refractivity contribution in [3.05, 3.63) is 77.0 Å². The summed E-state index contributed by atoms with van der Waals surface area (Å²) in [5, 5.41) is 12.4. The molecule has 4 rings (SSSR count). The first-order valence-corrected chi connectivity index (χ1v) is 12.2. The van der Waals surface area contributed by atoms with Crippen LogP contribution in [0.1, 0.15) is 12.6 Å². The van der Waals surface area contributed by atoms with Gasteiger partial charge in [-0.2, -0.15) is 5.10 Å². The highest BCUT2D eigenvalue weighted by Gasteiger charge is 2.20. The molecule has 0 saturated carbocycles. The molecule has 0 aliphatic heterocycles. The summed E-state index contributed by atoms with van der Waals surface area (Å²) in [5.74, 6) is 1.62. The molecule has 0 unspecified atom stereocenters. The molecule has 33 heavy (non-hydrogen) atoms. The number of halogens is 1. The smallest absolute Gasteiger partial charge is 0.265 e. The molecule has 0 fully saturated rings. The molecular formula is C22H20BrN5O4S. The zero-order valence-electron chi connectivity index (χ0n) is 17.8. The van der Waals surface area contributed by atoms with Gasteiger partial charge in [-0.05, 0) is 68.4 Å². The summed E-state index contributed by atoms with van der Waals surface area (Å²) in [7, 11) is -3.87. The molecule has 0 saturated heterocycles. The van der Waals surface area contributed by atoms with Crippen molar-refractivity contribution in [3.63, 3.8) is 0 Å². The molecule has 9 nitrogen and oxygen atoms in total. The number of hydrogen-bond donors (Lipinski definition) is 1. The molecule has 0 amide bonds. The summed E-state index contributed by atoms with van der Waals surface area (Å²) in [6.07, 6.45) is 1.80. The maximum Gasteiger partial charge on any atom is 0.265 e. The number of anilines is 1. The maximum atomic E-state index is 12.9. The van der Waals surface area contributed by atoms with E-state index in [2.05, 4.69) is 35.9 Å². The Morgan fingerprint density at radius 1 is 1.03 bits per heavy atom. The van der Waals surface area contributed by atoms with Gasteiger partial charge in [0.1, 0.15) is 16.4 Å². The third-order valence-corrected chi connectivity index (χ3v) is 6.30. The lowest BCUT2D eigenvalue weighted by Crippen LogP contribution is -2.14. The van der Waals surface area contributed by atoms with Crippen molar-refractivity contribution in [2.45, 2.75) is 18.7 Å². The van der Waals surface area contributed by atoms with Crippen molar-refractivity contribution < 1.29 is 17.9 Å². The van der Waals surface area contributed by atoms with Crippen molar-refractivity contribution in [3.8, 4) is 23.2 Å². The largest absolute Gasteiger partial charge is 0.492 e. The molecule has 2 heterocycles. The van der Waals surface area contributed by atoms with E-state index in [1.54, 1.807) is 66.3 Å². The van der Waals surface area contributed by atoms with Gasteiger partial charge in [0, 0.05) is 22.4 Å². The molecule has 0 spiro atoms. The summed E-state index contributed by atoms with van der Waals surface area (Å²) in [5.41, 5.74) is 1.25. The fourth-order valence-corrected chi connectivity index (χ4v) is 4.66. The van der Waals surface area contributed by atoms with E-state index >= 15 is 0 Å². The molecule has 4 aromatic rings. The molecule has 170 valence electrons. The first-order valence-electron chi connectivity index (χ1n) is 9.93. The van der Waals surface area contributed by atoms with Gasteiger partial charge >= 0.3 is 0 Å². The van der Waals surface area contributed by atoms with Gasteiger partial charge in [0.2, 0.25) is 5.88 Å². The number of nitrogens with one attached hydrogen (secondary N) is 1. The Bertz CT molecular complexity index is 1360. The van der Waals surface area contributed by atoms with Crippen molar-refractivity contribution in [1.82, 2.24) is 20.0 Å². The number of aryl methyl sites for hydroxylation is 1. The van der Waals surface area contributed by atoms with Crippen LogP contribution in [0.15, 0.2) is 76.2 Å². The number of ether oxygens (including phenoxy) is 2. The zero-order chi connectivity index (χ0) is 23.4. The zero-order valence-corrected chi connectivity index (χ0v) is 20.2. The molecule has 0 bridgehead atoms. The standard InChI is InChI=1S/C22H20BrN5O4S/c1-3-31-19-9-4-16(23)14-20(19)33(29,30)27-17-5-7-18(8-6-17)32-22-11-10-21(24-25-22)28-13-12-15(2)26-28/h4-14,27H,3H2,1-2H3. The van der Waals surface area contributed by atoms with Crippen LogP contribution in [0.25, 0.3) is 5.82 Å². The van der Waals surface area contributed by atoms with E-state index in [0.29, 0.717) is 34.2 Å². The minimum atomic E-state index is -3.87. The number of rotatable bonds is 8. The molecule has 2 aromatic heterocycles. The number of benzene rings is 2. The van der Waals surface area contributed by atoms with Crippen molar-refractivity contribution in [2.24, 2.45) is 0 Å². The summed E-state index contributed by atoms with van der Waals surface area (Å²) >= 11 is 3.30. The van der Waals surface area contributed by atoms with Gasteiger partial charge in [0.25, 0.3) is 10.0 Å². The Labute approximate surface area is 199 Å². The van der Waals surface area contributed by atoms with E-state index < -0.39 is 10.0 Å². The summed E-state index contributed by atoms with van der Waals surface area (Å²) < 4.78 is 41.8. The molecule has 0 radical (unpaired) electrons. The van der Waals surface area contributed by atoms with E-state index in [0.717, 1.165) is 5.69 Å². The monoisotopic (exact) mass is 529 g/mol. The van der Waals surface area contributed by atoms with Gasteiger partial charge in [0.05, 0.1) is 12.3 Å². The predicted molar refractivity (Wildman–Crippen MR) is 127 cm³/mol. The highest BCUT2D eigenvalue weighted by atomic mass is 79.9. The van der Waals surface area contributed by atoms with Gasteiger partial charge in [-0.25, -0.2) is 13.1 Å². The SMILES string of the molecule is CCOc1ccc(Br)cc1S(=O)(=O)Nc1ccc(Oc2ccc(-n3ccc(C)n3)nn2)cc1. The third-order valence-electron chi connectivity index (χ3n) is 4.41. The van der Waals surface area contributed by atoms with Crippen LogP contribution in [0.2, 0.25) is 0 Å². The third kappa shape index (κ3) is 5.49. The average Bonchev–Trinajstić information content (AvgIpc) is 3.23. The summed E-state index contributed by atoms with van der Waals surface area (Å²) in [4.78, 5) is 0.0433. The van der Waals surface area contributed by atoms with Crippen molar-refractivity contribution in [2.75, 3.05) is 11.3 Å². The van der Waals surface area contributed by atoms with Crippen LogP contribution in [-0.4, -0.2) is 35.0 Å². The van der Waals surface area contributed by atoms with Gasteiger partial charge in [-0.1, -0.05) is 15.9 Å². The molecule has 0 atom stereocenters. The van der Waals surface area contributed by atoms with Gasteiger partial charge in [-0.15, -0.1) is 10.2 Å². The minimum Gasteiger partial charge on any atom is -0.492 e. The number of aromatic nitrogens is 4. The van der Waals surface area contributed by atoms with Crippen LogP contribution in [0.4, 0.5) is 5.69 Å². The van der Waals surface area contributed by atoms with E-state index in [4.69, 9.17) is 9.47 Å². The number of hydrogen-bond acceptors (Lipinski definition) is 7. The maximum absolute atomic E-state index is 12.9. The van der Waals surface area contributed by atoms with E-state index in [1.807, 2.05) is 13.0 Å². The first kappa shape index (κ1) is 22.7. The van der Waals surface area contributed by atoms with E-state index in [1.165, 1.54) is 6.07 Å². The molecule has 1 N–H and O–H groups in total. The van der Waals surface area contributed by atoms with Crippen LogP contribution in [0, 0.1) is 6.92 Å². The number of nitrogens with zero attached hydrogens (tertiary/aromatic N) is 4. The topological polar surface area (TPSA) is 108 Å². The average molecular weight is 530 g/mol. The summed E-state index contributed by atoms with van der Waals surface area (Å²) in [6.45, 7) is 4.03. The molecule has 2 aromatic carbocycles. The lowest BCUT2D eigenvalue weighted by Gasteiger charge is -2.13. The fourth-order valence-electron chi connectivity index (χ4n) is 2.92.